The van der Waals surface area contributed by atoms with Gasteiger partial charge in [-0.2, -0.15) is 0 Å². The van der Waals surface area contributed by atoms with Gasteiger partial charge < -0.3 is 10.6 Å². The fraction of sp³-hybridized carbons (Fsp3) is 0.857. The molecule has 2 aliphatic heterocycles. The van der Waals surface area contributed by atoms with Crippen molar-refractivity contribution in [3.63, 3.8) is 0 Å². The zero-order chi connectivity index (χ0) is 7.03. The lowest BCUT2D eigenvalue weighted by atomic mass is 9.81. The fourth-order valence-corrected chi connectivity index (χ4v) is 1.81. The number of hydrogen-bond acceptors (Lipinski definition) is 2. The second kappa shape index (κ2) is 1.95. The third-order valence-corrected chi connectivity index (χ3v) is 2.38. The predicted molar refractivity (Wildman–Crippen MR) is 37.6 cm³/mol. The first-order valence-corrected chi connectivity index (χ1v) is 3.83. The van der Waals surface area contributed by atoms with Crippen LogP contribution in [0.3, 0.4) is 0 Å². The minimum absolute atomic E-state index is 0.162. The minimum Gasteiger partial charge on any atom is -0.349 e. The third-order valence-electron chi connectivity index (χ3n) is 2.38. The molecular formula is C7H12N2O. The number of carbonyl (C=O) groups excluding carboxylic acids is 1. The van der Waals surface area contributed by atoms with E-state index in [0.717, 1.165) is 25.9 Å². The zero-order valence-electron chi connectivity index (χ0n) is 5.94. The highest BCUT2D eigenvalue weighted by molar-refractivity contribution is 5.84. The van der Waals surface area contributed by atoms with Gasteiger partial charge in [0.1, 0.15) is 0 Å². The van der Waals surface area contributed by atoms with E-state index in [-0.39, 0.29) is 11.4 Å². The van der Waals surface area contributed by atoms with Crippen molar-refractivity contribution < 1.29 is 4.79 Å². The first-order valence-electron chi connectivity index (χ1n) is 3.83. The molecule has 0 aromatic heterocycles. The van der Waals surface area contributed by atoms with Gasteiger partial charge in [-0.1, -0.05) is 0 Å². The van der Waals surface area contributed by atoms with Crippen LogP contribution in [0.15, 0.2) is 0 Å². The van der Waals surface area contributed by atoms with Crippen LogP contribution in [0, 0.1) is 0 Å². The third kappa shape index (κ3) is 0.814. The van der Waals surface area contributed by atoms with Crippen LogP contribution in [-0.4, -0.2) is 24.5 Å². The van der Waals surface area contributed by atoms with Crippen LogP contribution >= 0.6 is 0 Å². The van der Waals surface area contributed by atoms with Gasteiger partial charge in [-0.15, -0.1) is 0 Å². The number of amides is 1. The first kappa shape index (κ1) is 6.16. The van der Waals surface area contributed by atoms with Crippen molar-refractivity contribution in [1.29, 1.82) is 0 Å². The lowest BCUT2D eigenvalue weighted by Gasteiger charge is -2.45. The SMILES string of the molecule is O=C1C[C@]2(CCCNC2)N1. The van der Waals surface area contributed by atoms with Gasteiger partial charge in [0.2, 0.25) is 5.91 Å². The second-order valence-electron chi connectivity index (χ2n) is 3.29. The summed E-state index contributed by atoms with van der Waals surface area (Å²) < 4.78 is 0. The van der Waals surface area contributed by atoms with Gasteiger partial charge in [-0.25, -0.2) is 0 Å². The maximum atomic E-state index is 10.6. The average Bonchev–Trinajstić information content (AvgIpc) is 1.87. The van der Waals surface area contributed by atoms with Gasteiger partial charge in [0.05, 0.1) is 12.0 Å². The summed E-state index contributed by atoms with van der Waals surface area (Å²) >= 11 is 0. The Hall–Kier alpha value is -0.570. The van der Waals surface area contributed by atoms with Gasteiger partial charge in [0.15, 0.2) is 0 Å². The van der Waals surface area contributed by atoms with E-state index in [1.54, 1.807) is 0 Å². The lowest BCUT2D eigenvalue weighted by molar-refractivity contribution is -0.133. The smallest absolute Gasteiger partial charge is 0.222 e. The average molecular weight is 140 g/mol. The van der Waals surface area contributed by atoms with E-state index in [0.29, 0.717) is 0 Å². The monoisotopic (exact) mass is 140 g/mol. The molecule has 56 valence electrons. The molecule has 0 aromatic carbocycles. The Balaban J connectivity index is 1.96. The highest BCUT2D eigenvalue weighted by Gasteiger charge is 2.42. The summed E-state index contributed by atoms with van der Waals surface area (Å²) in [5.41, 5.74) is 0.162. The molecule has 2 N–H and O–H groups in total. The topological polar surface area (TPSA) is 41.1 Å². The van der Waals surface area contributed by atoms with Crippen LogP contribution in [0.4, 0.5) is 0 Å². The van der Waals surface area contributed by atoms with Crippen molar-refractivity contribution in [1.82, 2.24) is 10.6 Å². The van der Waals surface area contributed by atoms with Gasteiger partial charge in [-0.3, -0.25) is 4.79 Å². The maximum absolute atomic E-state index is 10.6. The van der Waals surface area contributed by atoms with Crippen LogP contribution in [0.25, 0.3) is 0 Å². The van der Waals surface area contributed by atoms with Crippen LogP contribution in [0.5, 0.6) is 0 Å². The summed E-state index contributed by atoms with van der Waals surface area (Å²) in [5, 5.41) is 6.24. The van der Waals surface area contributed by atoms with Crippen molar-refractivity contribution >= 4 is 5.91 Å². The Labute approximate surface area is 60.2 Å². The van der Waals surface area contributed by atoms with Crippen LogP contribution in [-0.2, 0) is 4.79 Å². The van der Waals surface area contributed by atoms with E-state index in [1.165, 1.54) is 6.42 Å². The highest BCUT2D eigenvalue weighted by atomic mass is 16.2. The number of β-lactam (4-membered cyclic amide) rings is 1. The lowest BCUT2D eigenvalue weighted by Crippen LogP contribution is -2.67. The normalized spacial score (nSPS) is 39.0. The standard InChI is InChI=1S/C7H12N2O/c10-6-4-7(9-6)2-1-3-8-5-7/h8H,1-5H2,(H,9,10)/t7-/m0/s1. The largest absolute Gasteiger partial charge is 0.349 e. The molecule has 3 heteroatoms. The molecule has 10 heavy (non-hydrogen) atoms. The summed E-state index contributed by atoms with van der Waals surface area (Å²) in [6.45, 7) is 2.08. The molecule has 1 amide bonds. The minimum atomic E-state index is 0.162. The molecule has 1 atom stereocenters. The highest BCUT2D eigenvalue weighted by Crippen LogP contribution is 2.26. The molecule has 0 saturated carbocycles. The van der Waals surface area contributed by atoms with Gasteiger partial charge >= 0.3 is 0 Å². The summed E-state index contributed by atoms with van der Waals surface area (Å²) in [6, 6.07) is 0. The molecular weight excluding hydrogens is 128 g/mol. The van der Waals surface area contributed by atoms with Crippen molar-refractivity contribution in [2.45, 2.75) is 24.8 Å². The molecule has 2 saturated heterocycles. The number of carbonyl (C=O) groups is 1. The van der Waals surface area contributed by atoms with Crippen molar-refractivity contribution in [2.75, 3.05) is 13.1 Å². The van der Waals surface area contributed by atoms with Gasteiger partial charge in [0, 0.05) is 6.54 Å². The molecule has 0 aromatic rings. The van der Waals surface area contributed by atoms with E-state index in [4.69, 9.17) is 0 Å². The molecule has 2 rings (SSSR count). The fourth-order valence-electron chi connectivity index (χ4n) is 1.81. The molecule has 2 heterocycles. The second-order valence-corrected chi connectivity index (χ2v) is 3.29. The molecule has 0 unspecified atom stereocenters. The van der Waals surface area contributed by atoms with Gasteiger partial charge in [0.25, 0.3) is 0 Å². The molecule has 0 radical (unpaired) electrons. The zero-order valence-corrected chi connectivity index (χ0v) is 5.94. The summed E-state index contributed by atoms with van der Waals surface area (Å²) in [4.78, 5) is 10.6. The van der Waals surface area contributed by atoms with E-state index < -0.39 is 0 Å². The van der Waals surface area contributed by atoms with Crippen LogP contribution in [0.1, 0.15) is 19.3 Å². The van der Waals surface area contributed by atoms with Crippen molar-refractivity contribution in [3.05, 3.63) is 0 Å². The van der Waals surface area contributed by atoms with Crippen molar-refractivity contribution in [2.24, 2.45) is 0 Å². The maximum Gasteiger partial charge on any atom is 0.222 e. The summed E-state index contributed by atoms with van der Waals surface area (Å²) in [5.74, 6) is 0.212. The Morgan fingerprint density at radius 2 is 2.30 bits per heavy atom. The summed E-state index contributed by atoms with van der Waals surface area (Å²) in [7, 11) is 0. The first-order chi connectivity index (χ1) is 4.81. The number of piperidine rings is 1. The number of nitrogens with one attached hydrogen (secondary N) is 2. The molecule has 2 fully saturated rings. The van der Waals surface area contributed by atoms with Crippen LogP contribution in [0.2, 0.25) is 0 Å². The predicted octanol–water partition coefficient (Wildman–Crippen LogP) is -0.372. The molecule has 1 spiro atoms. The van der Waals surface area contributed by atoms with E-state index in [2.05, 4.69) is 10.6 Å². The Bertz CT molecular complexity index is 151. The van der Waals surface area contributed by atoms with Gasteiger partial charge in [-0.05, 0) is 19.4 Å². The number of hydrogen-bond donors (Lipinski definition) is 2. The Kier molecular flexibility index (Phi) is 1.20. The molecule has 2 aliphatic rings. The quantitative estimate of drug-likeness (QED) is 0.451. The summed E-state index contributed by atoms with van der Waals surface area (Å²) in [6.07, 6.45) is 3.09. The number of rotatable bonds is 0. The Morgan fingerprint density at radius 1 is 1.50 bits per heavy atom. The molecule has 3 nitrogen and oxygen atoms in total. The Morgan fingerprint density at radius 3 is 2.80 bits per heavy atom. The van der Waals surface area contributed by atoms with E-state index in [9.17, 15) is 4.79 Å². The van der Waals surface area contributed by atoms with Crippen LogP contribution < -0.4 is 10.6 Å². The van der Waals surface area contributed by atoms with E-state index >= 15 is 0 Å². The van der Waals surface area contributed by atoms with Crippen molar-refractivity contribution in [3.8, 4) is 0 Å². The molecule has 0 aliphatic carbocycles. The van der Waals surface area contributed by atoms with E-state index in [1.807, 2.05) is 0 Å². The molecule has 0 bridgehead atoms.